The van der Waals surface area contributed by atoms with Crippen LogP contribution in [-0.2, 0) is 11.3 Å². The number of para-hydroxylation sites is 1. The number of methoxy groups -OCH3 is 2. The number of benzene rings is 2. The number of nitrogens with two attached hydrogens (primary N) is 1. The van der Waals surface area contributed by atoms with E-state index in [9.17, 15) is 4.79 Å². The van der Waals surface area contributed by atoms with Crippen LogP contribution in [0.4, 0.5) is 0 Å². The largest absolute Gasteiger partial charge is 0.494 e. The van der Waals surface area contributed by atoms with Crippen LogP contribution in [0.2, 0.25) is 0 Å². The van der Waals surface area contributed by atoms with Crippen LogP contribution in [-0.4, -0.2) is 49.7 Å². The minimum absolute atomic E-state index is 0.0210. The Bertz CT molecular complexity index is 1130. The van der Waals surface area contributed by atoms with Gasteiger partial charge in [0.25, 0.3) is 0 Å². The molecule has 0 saturated carbocycles. The van der Waals surface area contributed by atoms with E-state index in [0.717, 1.165) is 39.0 Å². The molecule has 0 fully saturated rings. The average Bonchev–Trinajstić information content (AvgIpc) is 3.00. The molecule has 2 heterocycles. The molecule has 0 aliphatic carbocycles. The SMILES string of the molecule is COc1cc(-c2cc(C)c3cccc(OC)c3n2)cc2c1OCCN(C(=O)CCN)C2. The lowest BCUT2D eigenvalue weighted by Gasteiger charge is -2.20. The zero-order valence-electron chi connectivity index (χ0n) is 18.1. The van der Waals surface area contributed by atoms with Crippen molar-refractivity contribution in [3.63, 3.8) is 0 Å². The summed E-state index contributed by atoms with van der Waals surface area (Å²) in [5.74, 6) is 2.04. The van der Waals surface area contributed by atoms with E-state index in [1.807, 2.05) is 30.3 Å². The molecule has 1 aliphatic rings. The van der Waals surface area contributed by atoms with Crippen molar-refractivity contribution in [2.75, 3.05) is 33.9 Å². The third-order valence-electron chi connectivity index (χ3n) is 5.56. The van der Waals surface area contributed by atoms with Crippen molar-refractivity contribution in [1.82, 2.24) is 9.88 Å². The fraction of sp³-hybridized carbons (Fsp3) is 0.333. The van der Waals surface area contributed by atoms with Crippen molar-refractivity contribution in [3.8, 4) is 28.5 Å². The highest BCUT2D eigenvalue weighted by Gasteiger charge is 2.23. The predicted molar refractivity (Wildman–Crippen MR) is 120 cm³/mol. The van der Waals surface area contributed by atoms with Gasteiger partial charge < -0.3 is 24.8 Å². The summed E-state index contributed by atoms with van der Waals surface area (Å²) in [5, 5.41) is 1.05. The number of aromatic nitrogens is 1. The van der Waals surface area contributed by atoms with E-state index < -0.39 is 0 Å². The molecule has 3 aromatic rings. The van der Waals surface area contributed by atoms with Gasteiger partial charge in [-0.3, -0.25) is 4.79 Å². The summed E-state index contributed by atoms with van der Waals surface area (Å²) in [5.41, 5.74) is 10.1. The number of hydrogen-bond donors (Lipinski definition) is 1. The van der Waals surface area contributed by atoms with Crippen LogP contribution in [0.15, 0.2) is 36.4 Å². The van der Waals surface area contributed by atoms with E-state index >= 15 is 0 Å². The van der Waals surface area contributed by atoms with Gasteiger partial charge in [0.1, 0.15) is 17.9 Å². The summed E-state index contributed by atoms with van der Waals surface area (Å²) in [6.07, 6.45) is 0.317. The number of nitrogens with zero attached hydrogens (tertiary/aromatic N) is 2. The molecule has 0 bridgehead atoms. The Balaban J connectivity index is 1.83. The molecule has 162 valence electrons. The van der Waals surface area contributed by atoms with E-state index in [2.05, 4.69) is 13.0 Å². The lowest BCUT2D eigenvalue weighted by molar-refractivity contribution is -0.131. The number of pyridine rings is 1. The van der Waals surface area contributed by atoms with E-state index in [-0.39, 0.29) is 5.91 Å². The molecule has 7 heteroatoms. The number of ether oxygens (including phenoxy) is 3. The maximum Gasteiger partial charge on any atom is 0.224 e. The van der Waals surface area contributed by atoms with Crippen molar-refractivity contribution in [2.45, 2.75) is 19.9 Å². The minimum atomic E-state index is 0.0210. The van der Waals surface area contributed by atoms with Gasteiger partial charge in [-0.1, -0.05) is 12.1 Å². The first-order chi connectivity index (χ1) is 15.0. The van der Waals surface area contributed by atoms with Crippen LogP contribution in [0.1, 0.15) is 17.5 Å². The molecular weight excluding hydrogens is 394 g/mol. The molecule has 2 aromatic carbocycles. The normalized spacial score (nSPS) is 13.4. The van der Waals surface area contributed by atoms with Gasteiger partial charge >= 0.3 is 0 Å². The van der Waals surface area contributed by atoms with Gasteiger partial charge in [0.2, 0.25) is 5.91 Å². The Labute approximate surface area is 181 Å². The number of hydrogen-bond acceptors (Lipinski definition) is 6. The molecule has 0 atom stereocenters. The molecular formula is C24H27N3O4. The number of fused-ring (bicyclic) bond motifs is 2. The van der Waals surface area contributed by atoms with Gasteiger partial charge in [-0.05, 0) is 36.8 Å². The molecule has 0 saturated heterocycles. The van der Waals surface area contributed by atoms with E-state index in [0.29, 0.717) is 44.2 Å². The van der Waals surface area contributed by atoms with Gasteiger partial charge in [-0.25, -0.2) is 4.98 Å². The predicted octanol–water partition coefficient (Wildman–Crippen LogP) is 3.30. The van der Waals surface area contributed by atoms with E-state index in [1.54, 1.807) is 19.1 Å². The highest BCUT2D eigenvalue weighted by Crippen LogP contribution is 2.39. The lowest BCUT2D eigenvalue weighted by atomic mass is 10.0. The molecule has 1 aliphatic heterocycles. The van der Waals surface area contributed by atoms with Crippen molar-refractivity contribution in [1.29, 1.82) is 0 Å². The smallest absolute Gasteiger partial charge is 0.224 e. The van der Waals surface area contributed by atoms with Crippen molar-refractivity contribution < 1.29 is 19.0 Å². The van der Waals surface area contributed by atoms with E-state index in [4.69, 9.17) is 24.9 Å². The molecule has 1 aromatic heterocycles. The Hall–Kier alpha value is -3.32. The van der Waals surface area contributed by atoms with Crippen molar-refractivity contribution in [3.05, 3.63) is 47.5 Å². The minimum Gasteiger partial charge on any atom is -0.494 e. The summed E-state index contributed by atoms with van der Waals surface area (Å²) < 4.78 is 17.1. The standard InChI is InChI=1S/C24H27N3O4/c1-15-11-19(26-23-18(15)5-4-6-20(23)29-2)16-12-17-14-27(22(28)7-8-25)9-10-31-24(17)21(13-16)30-3/h4-6,11-13H,7-10,14,25H2,1-3H3. The molecule has 7 nitrogen and oxygen atoms in total. The van der Waals surface area contributed by atoms with Gasteiger partial charge in [-0.15, -0.1) is 0 Å². The lowest BCUT2D eigenvalue weighted by Crippen LogP contribution is -2.33. The first kappa shape index (κ1) is 20.9. The van der Waals surface area contributed by atoms with Crippen LogP contribution in [0, 0.1) is 6.92 Å². The molecule has 0 spiro atoms. The first-order valence-corrected chi connectivity index (χ1v) is 10.3. The quantitative estimate of drug-likeness (QED) is 0.680. The molecule has 4 rings (SSSR count). The second-order valence-corrected chi connectivity index (χ2v) is 7.55. The van der Waals surface area contributed by atoms with Crippen LogP contribution in [0.3, 0.4) is 0 Å². The molecule has 0 unspecified atom stereocenters. The summed E-state index contributed by atoms with van der Waals surface area (Å²) >= 11 is 0. The third kappa shape index (κ3) is 4.01. The maximum atomic E-state index is 12.5. The molecule has 1 amide bonds. The summed E-state index contributed by atoms with van der Waals surface area (Å²) in [6.45, 7) is 3.74. The highest BCUT2D eigenvalue weighted by molar-refractivity contribution is 5.89. The van der Waals surface area contributed by atoms with Gasteiger partial charge in [0.05, 0.1) is 26.5 Å². The number of carbonyl (C=O) groups is 1. The Morgan fingerprint density at radius 2 is 2.00 bits per heavy atom. The van der Waals surface area contributed by atoms with Gasteiger partial charge in [-0.2, -0.15) is 0 Å². The summed E-state index contributed by atoms with van der Waals surface area (Å²) in [4.78, 5) is 19.1. The number of rotatable bonds is 5. The fourth-order valence-electron chi connectivity index (χ4n) is 3.98. The monoisotopic (exact) mass is 421 g/mol. The average molecular weight is 421 g/mol. The topological polar surface area (TPSA) is 86.9 Å². The Kier molecular flexibility index (Phi) is 5.95. The van der Waals surface area contributed by atoms with Crippen LogP contribution in [0.5, 0.6) is 17.2 Å². The fourth-order valence-corrected chi connectivity index (χ4v) is 3.98. The molecule has 2 N–H and O–H groups in total. The molecule has 0 radical (unpaired) electrons. The number of carbonyl (C=O) groups excluding carboxylic acids is 1. The van der Waals surface area contributed by atoms with Gasteiger partial charge in [0.15, 0.2) is 11.5 Å². The first-order valence-electron chi connectivity index (χ1n) is 10.3. The highest BCUT2D eigenvalue weighted by atomic mass is 16.5. The maximum absolute atomic E-state index is 12.5. The summed E-state index contributed by atoms with van der Waals surface area (Å²) in [7, 11) is 3.27. The molecule has 31 heavy (non-hydrogen) atoms. The Morgan fingerprint density at radius 1 is 1.19 bits per heavy atom. The van der Waals surface area contributed by atoms with Crippen LogP contribution >= 0.6 is 0 Å². The van der Waals surface area contributed by atoms with Crippen molar-refractivity contribution in [2.24, 2.45) is 5.73 Å². The van der Waals surface area contributed by atoms with E-state index in [1.165, 1.54) is 0 Å². The van der Waals surface area contributed by atoms with Crippen LogP contribution < -0.4 is 19.9 Å². The second kappa shape index (κ2) is 8.81. The Morgan fingerprint density at radius 3 is 2.74 bits per heavy atom. The number of aryl methyl sites for hydroxylation is 1. The zero-order chi connectivity index (χ0) is 22.0. The summed E-state index contributed by atoms with van der Waals surface area (Å²) in [6, 6.07) is 11.9. The second-order valence-electron chi connectivity index (χ2n) is 7.55. The van der Waals surface area contributed by atoms with Gasteiger partial charge in [0, 0.05) is 36.0 Å². The van der Waals surface area contributed by atoms with Crippen LogP contribution in [0.25, 0.3) is 22.2 Å². The number of amides is 1. The third-order valence-corrected chi connectivity index (χ3v) is 5.56. The zero-order valence-corrected chi connectivity index (χ0v) is 18.1. The van der Waals surface area contributed by atoms with Crippen molar-refractivity contribution >= 4 is 16.8 Å².